The molecule has 0 aliphatic heterocycles. The molecule has 0 radical (unpaired) electrons. The van der Waals surface area contributed by atoms with Crippen molar-refractivity contribution in [3.63, 3.8) is 0 Å². The molecule has 0 aromatic heterocycles. The number of aliphatic carboxylic acids is 1. The zero-order valence-electron chi connectivity index (χ0n) is 10.9. The maximum atomic E-state index is 11.9. The van der Waals surface area contributed by atoms with Crippen LogP contribution in [-0.2, 0) is 11.3 Å². The Labute approximate surface area is 117 Å². The highest BCUT2D eigenvalue weighted by atomic mass is 19.4. The highest BCUT2D eigenvalue weighted by molar-refractivity contribution is 5.82. The van der Waals surface area contributed by atoms with E-state index < -0.39 is 24.4 Å². The number of carboxylic acids is 1. The van der Waals surface area contributed by atoms with E-state index in [1.807, 2.05) is 0 Å². The quantitative estimate of drug-likeness (QED) is 0.775. The van der Waals surface area contributed by atoms with Crippen LogP contribution < -0.4 is 15.4 Å². The maximum Gasteiger partial charge on any atom is 0.573 e. The number of ether oxygens (including phenoxy) is 1. The van der Waals surface area contributed by atoms with Crippen LogP contribution in [0.3, 0.4) is 0 Å². The first kappa shape index (κ1) is 16.6. The number of halogens is 3. The van der Waals surface area contributed by atoms with Gasteiger partial charge in [0.05, 0.1) is 0 Å². The van der Waals surface area contributed by atoms with Crippen molar-refractivity contribution in [2.45, 2.75) is 25.9 Å². The average molecular weight is 306 g/mol. The molecule has 1 atom stereocenters. The van der Waals surface area contributed by atoms with Crippen LogP contribution in [0.5, 0.6) is 5.75 Å². The predicted molar refractivity (Wildman–Crippen MR) is 65.6 cm³/mol. The first-order valence-electron chi connectivity index (χ1n) is 5.79. The highest BCUT2D eigenvalue weighted by Gasteiger charge is 2.30. The fraction of sp³-hybridized carbons (Fsp3) is 0.333. The lowest BCUT2D eigenvalue weighted by Crippen LogP contribution is -2.44. The number of hydrogen-bond donors (Lipinski definition) is 3. The van der Waals surface area contributed by atoms with Gasteiger partial charge in [-0.25, -0.2) is 4.79 Å². The van der Waals surface area contributed by atoms with Gasteiger partial charge in [-0.05, 0) is 24.6 Å². The summed E-state index contributed by atoms with van der Waals surface area (Å²) in [6.07, 6.45) is -4.76. The second kappa shape index (κ2) is 6.82. The summed E-state index contributed by atoms with van der Waals surface area (Å²) in [4.78, 5) is 21.8. The Hall–Kier alpha value is -2.45. The minimum absolute atomic E-state index is 0.0322. The van der Waals surface area contributed by atoms with E-state index in [0.717, 1.165) is 12.1 Å². The Bertz CT molecular complexity index is 502. The van der Waals surface area contributed by atoms with Crippen LogP contribution in [0.25, 0.3) is 0 Å². The first-order valence-corrected chi connectivity index (χ1v) is 5.79. The zero-order chi connectivity index (χ0) is 16.0. The smallest absolute Gasteiger partial charge is 0.480 e. The van der Waals surface area contributed by atoms with E-state index in [1.54, 1.807) is 0 Å². The van der Waals surface area contributed by atoms with Gasteiger partial charge in [0.25, 0.3) is 0 Å². The number of amides is 2. The minimum Gasteiger partial charge on any atom is -0.480 e. The molecule has 21 heavy (non-hydrogen) atoms. The summed E-state index contributed by atoms with van der Waals surface area (Å²) in [5.74, 6) is -1.55. The standard InChI is InChI=1S/C12H13F3N2O4/c1-7(10(18)19)17-11(20)16-6-8-2-4-9(5-3-8)21-12(13,14)15/h2-5,7H,6H2,1H3,(H,18,19)(H2,16,17,20). The molecule has 0 saturated carbocycles. The zero-order valence-corrected chi connectivity index (χ0v) is 10.9. The van der Waals surface area contributed by atoms with E-state index in [-0.39, 0.29) is 12.3 Å². The molecule has 0 spiro atoms. The van der Waals surface area contributed by atoms with Crippen molar-refractivity contribution in [3.05, 3.63) is 29.8 Å². The molecule has 0 saturated heterocycles. The number of carbonyl (C=O) groups excluding carboxylic acids is 1. The molecule has 0 aliphatic rings. The summed E-state index contributed by atoms with van der Waals surface area (Å²) < 4.78 is 39.5. The van der Waals surface area contributed by atoms with Gasteiger partial charge >= 0.3 is 18.4 Å². The molecule has 1 rings (SSSR count). The number of hydrogen-bond acceptors (Lipinski definition) is 3. The SMILES string of the molecule is CC(NC(=O)NCc1ccc(OC(F)(F)F)cc1)C(=O)O. The summed E-state index contributed by atoms with van der Waals surface area (Å²) in [5.41, 5.74) is 0.530. The van der Waals surface area contributed by atoms with Gasteiger partial charge in [0.2, 0.25) is 0 Å². The Balaban J connectivity index is 2.46. The maximum absolute atomic E-state index is 11.9. The van der Waals surface area contributed by atoms with Gasteiger partial charge in [0, 0.05) is 6.54 Å². The van der Waals surface area contributed by atoms with Crippen LogP contribution in [0.2, 0.25) is 0 Å². The number of benzene rings is 1. The van der Waals surface area contributed by atoms with Gasteiger partial charge in [-0.1, -0.05) is 12.1 Å². The first-order chi connectivity index (χ1) is 9.67. The number of urea groups is 1. The lowest BCUT2D eigenvalue weighted by Gasteiger charge is -2.11. The summed E-state index contributed by atoms with van der Waals surface area (Å²) >= 11 is 0. The van der Waals surface area contributed by atoms with E-state index >= 15 is 0 Å². The largest absolute Gasteiger partial charge is 0.573 e. The van der Waals surface area contributed by atoms with Gasteiger partial charge in [-0.2, -0.15) is 0 Å². The molecule has 0 fully saturated rings. The van der Waals surface area contributed by atoms with Crippen LogP contribution in [-0.4, -0.2) is 29.5 Å². The molecule has 0 aliphatic carbocycles. The molecule has 116 valence electrons. The number of carbonyl (C=O) groups is 2. The molecule has 6 nitrogen and oxygen atoms in total. The van der Waals surface area contributed by atoms with Gasteiger partial charge in [0.1, 0.15) is 11.8 Å². The van der Waals surface area contributed by atoms with E-state index in [1.165, 1.54) is 19.1 Å². The van der Waals surface area contributed by atoms with Crippen LogP contribution in [0.4, 0.5) is 18.0 Å². The third kappa shape index (κ3) is 6.50. The fourth-order valence-corrected chi connectivity index (χ4v) is 1.30. The Morgan fingerprint density at radius 1 is 1.29 bits per heavy atom. The monoisotopic (exact) mass is 306 g/mol. The molecule has 0 heterocycles. The summed E-state index contributed by atoms with van der Waals surface area (Å²) in [6, 6.07) is 3.18. The molecule has 0 bridgehead atoms. The summed E-state index contributed by atoms with van der Waals surface area (Å²) in [5, 5.41) is 13.1. The van der Waals surface area contributed by atoms with Crippen molar-refractivity contribution in [2.24, 2.45) is 0 Å². The van der Waals surface area contributed by atoms with Gasteiger partial charge < -0.3 is 20.5 Å². The third-order valence-corrected chi connectivity index (χ3v) is 2.33. The molecule has 2 amide bonds. The van der Waals surface area contributed by atoms with E-state index in [9.17, 15) is 22.8 Å². The van der Waals surface area contributed by atoms with Gasteiger partial charge in [-0.15, -0.1) is 13.2 Å². The molecule has 1 aromatic carbocycles. The molecular formula is C12H13F3N2O4. The Morgan fingerprint density at radius 2 is 1.86 bits per heavy atom. The second-order valence-electron chi connectivity index (χ2n) is 4.08. The van der Waals surface area contributed by atoms with Crippen LogP contribution >= 0.6 is 0 Å². The van der Waals surface area contributed by atoms with Crippen molar-refractivity contribution < 1.29 is 32.6 Å². The van der Waals surface area contributed by atoms with E-state index in [2.05, 4.69) is 15.4 Å². The lowest BCUT2D eigenvalue weighted by atomic mass is 10.2. The van der Waals surface area contributed by atoms with Gasteiger partial charge in [0.15, 0.2) is 0 Å². The summed E-state index contributed by atoms with van der Waals surface area (Å²) in [7, 11) is 0. The van der Waals surface area contributed by atoms with Crippen molar-refractivity contribution in [1.82, 2.24) is 10.6 Å². The number of alkyl halides is 3. The van der Waals surface area contributed by atoms with Crippen molar-refractivity contribution >= 4 is 12.0 Å². The lowest BCUT2D eigenvalue weighted by molar-refractivity contribution is -0.274. The Kier molecular flexibility index (Phi) is 5.39. The minimum atomic E-state index is -4.76. The topological polar surface area (TPSA) is 87.7 Å². The fourth-order valence-electron chi connectivity index (χ4n) is 1.30. The number of carboxylic acid groups (broad SMARTS) is 1. The van der Waals surface area contributed by atoms with Crippen molar-refractivity contribution in [1.29, 1.82) is 0 Å². The van der Waals surface area contributed by atoms with E-state index in [0.29, 0.717) is 5.56 Å². The molecular weight excluding hydrogens is 293 g/mol. The molecule has 3 N–H and O–H groups in total. The highest BCUT2D eigenvalue weighted by Crippen LogP contribution is 2.22. The van der Waals surface area contributed by atoms with Crippen LogP contribution in [0, 0.1) is 0 Å². The van der Waals surface area contributed by atoms with Crippen molar-refractivity contribution in [2.75, 3.05) is 0 Å². The molecule has 1 aromatic rings. The van der Waals surface area contributed by atoms with Crippen LogP contribution in [0.15, 0.2) is 24.3 Å². The van der Waals surface area contributed by atoms with Crippen LogP contribution in [0.1, 0.15) is 12.5 Å². The Morgan fingerprint density at radius 3 is 2.33 bits per heavy atom. The molecule has 9 heteroatoms. The summed E-state index contributed by atoms with van der Waals surface area (Å²) in [6.45, 7) is 1.33. The second-order valence-corrected chi connectivity index (χ2v) is 4.08. The normalized spacial score (nSPS) is 12.4. The number of rotatable bonds is 5. The number of nitrogens with one attached hydrogen (secondary N) is 2. The molecule has 1 unspecified atom stereocenters. The average Bonchev–Trinajstić information content (AvgIpc) is 2.36. The third-order valence-electron chi connectivity index (χ3n) is 2.33. The predicted octanol–water partition coefficient (Wildman–Crippen LogP) is 1.86. The van der Waals surface area contributed by atoms with Gasteiger partial charge in [-0.3, -0.25) is 4.79 Å². The van der Waals surface area contributed by atoms with E-state index in [4.69, 9.17) is 5.11 Å². The van der Waals surface area contributed by atoms with Crippen molar-refractivity contribution in [3.8, 4) is 5.75 Å².